The van der Waals surface area contributed by atoms with Gasteiger partial charge in [-0.3, -0.25) is 9.59 Å². The number of anilines is 1. The Labute approximate surface area is 147 Å². The summed E-state index contributed by atoms with van der Waals surface area (Å²) in [5.41, 5.74) is 4.30. The lowest BCUT2D eigenvalue weighted by atomic mass is 9.95. The molecule has 3 rings (SSSR count). The summed E-state index contributed by atoms with van der Waals surface area (Å²) in [4.78, 5) is 24.8. The molecule has 0 unspecified atom stereocenters. The van der Waals surface area contributed by atoms with E-state index in [-0.39, 0.29) is 17.9 Å². The van der Waals surface area contributed by atoms with Gasteiger partial charge in [-0.2, -0.15) is 0 Å². The van der Waals surface area contributed by atoms with Crippen LogP contribution in [-0.2, 0) is 22.6 Å². The number of carbonyl (C=O) groups is 2. The van der Waals surface area contributed by atoms with E-state index in [1.807, 2.05) is 48.6 Å². The second kappa shape index (κ2) is 7.49. The highest BCUT2D eigenvalue weighted by Crippen LogP contribution is 2.13. The Balaban J connectivity index is 1.56. The molecule has 4 N–H and O–H groups in total. The minimum Gasteiger partial charge on any atom is -0.339 e. The first kappa shape index (κ1) is 17.2. The van der Waals surface area contributed by atoms with Crippen molar-refractivity contribution in [2.24, 2.45) is 0 Å². The minimum absolute atomic E-state index is 0.0959. The van der Waals surface area contributed by atoms with Crippen LogP contribution < -0.4 is 16.0 Å². The van der Waals surface area contributed by atoms with Crippen LogP contribution in [0.15, 0.2) is 48.5 Å². The number of aryl methyl sites for hydroxylation is 1. The fourth-order valence-electron chi connectivity index (χ4n) is 3.10. The molecule has 2 aromatic carbocycles. The van der Waals surface area contributed by atoms with E-state index >= 15 is 0 Å². The molecule has 2 atom stereocenters. The first-order valence-corrected chi connectivity index (χ1v) is 8.61. The molecule has 0 radical (unpaired) electrons. The van der Waals surface area contributed by atoms with Crippen molar-refractivity contribution in [3.8, 4) is 0 Å². The van der Waals surface area contributed by atoms with Gasteiger partial charge in [0.2, 0.25) is 5.91 Å². The zero-order valence-corrected chi connectivity index (χ0v) is 14.6. The van der Waals surface area contributed by atoms with Gasteiger partial charge in [-0.25, -0.2) is 0 Å². The van der Waals surface area contributed by atoms with E-state index in [1.165, 1.54) is 11.1 Å². The molecule has 0 aliphatic carbocycles. The monoisotopic (exact) mass is 338 g/mol. The number of rotatable bonds is 4. The Morgan fingerprint density at radius 1 is 1.12 bits per heavy atom. The predicted molar refractivity (Wildman–Crippen MR) is 97.0 cm³/mol. The van der Waals surface area contributed by atoms with E-state index in [0.29, 0.717) is 6.42 Å². The molecule has 0 fully saturated rings. The highest BCUT2D eigenvalue weighted by molar-refractivity contribution is 5.97. The Morgan fingerprint density at radius 2 is 1.88 bits per heavy atom. The van der Waals surface area contributed by atoms with Crippen molar-refractivity contribution in [2.45, 2.75) is 38.9 Å². The third kappa shape index (κ3) is 4.25. The number of nitrogens with two attached hydrogens (primary N) is 1. The largest absolute Gasteiger partial charge is 0.339 e. The normalized spacial score (nSPS) is 17.3. The lowest BCUT2D eigenvalue weighted by Crippen LogP contribution is -2.93. The van der Waals surface area contributed by atoms with Crippen LogP contribution in [0.3, 0.4) is 0 Å². The van der Waals surface area contributed by atoms with Crippen LogP contribution >= 0.6 is 0 Å². The standard InChI is InChI=1S/C20H23N3O2/c1-13-6-5-9-17(10-13)23-19(24)14(2)22-20(25)18-11-15-7-3-4-8-16(15)12-21-18/h3-10,14,18,21H,11-12H2,1-2H3,(H,22,25)(H,23,24)/p+1/t14-,18+/m1/s1. The number of fused-ring (bicyclic) bond motifs is 1. The number of hydrogen-bond acceptors (Lipinski definition) is 2. The number of amides is 2. The average Bonchev–Trinajstić information content (AvgIpc) is 2.61. The molecule has 0 aromatic heterocycles. The summed E-state index contributed by atoms with van der Waals surface area (Å²) < 4.78 is 0. The third-order valence-electron chi connectivity index (χ3n) is 4.55. The molecule has 25 heavy (non-hydrogen) atoms. The van der Waals surface area contributed by atoms with Crippen LogP contribution in [0.5, 0.6) is 0 Å². The van der Waals surface area contributed by atoms with E-state index in [4.69, 9.17) is 0 Å². The number of hydrogen-bond donors (Lipinski definition) is 3. The number of carbonyl (C=O) groups excluding carboxylic acids is 2. The van der Waals surface area contributed by atoms with Crippen molar-refractivity contribution in [1.82, 2.24) is 5.32 Å². The summed E-state index contributed by atoms with van der Waals surface area (Å²) in [6.45, 7) is 4.47. The lowest BCUT2D eigenvalue weighted by Gasteiger charge is -2.23. The Bertz CT molecular complexity index is 788. The van der Waals surface area contributed by atoms with Crippen molar-refractivity contribution in [3.63, 3.8) is 0 Å². The quantitative estimate of drug-likeness (QED) is 0.782. The SMILES string of the molecule is Cc1cccc(NC(=O)[C@@H](C)NC(=O)[C@@H]2Cc3ccccc3C[NH2+]2)c1. The third-order valence-corrected chi connectivity index (χ3v) is 4.55. The lowest BCUT2D eigenvalue weighted by molar-refractivity contribution is -0.695. The molecular weight excluding hydrogens is 314 g/mol. The van der Waals surface area contributed by atoms with Gasteiger partial charge >= 0.3 is 0 Å². The van der Waals surface area contributed by atoms with Gasteiger partial charge in [0.25, 0.3) is 5.91 Å². The zero-order chi connectivity index (χ0) is 17.8. The highest BCUT2D eigenvalue weighted by atomic mass is 16.2. The molecule has 2 aromatic rings. The van der Waals surface area contributed by atoms with E-state index in [0.717, 1.165) is 17.8 Å². The van der Waals surface area contributed by atoms with Crippen LogP contribution in [0.1, 0.15) is 23.6 Å². The molecule has 1 aliphatic rings. The average molecular weight is 338 g/mol. The molecule has 130 valence electrons. The van der Waals surface area contributed by atoms with Gasteiger partial charge in [-0.15, -0.1) is 0 Å². The molecule has 1 aliphatic heterocycles. The number of quaternary nitrogens is 1. The topological polar surface area (TPSA) is 74.8 Å². The Hall–Kier alpha value is -2.66. The summed E-state index contributed by atoms with van der Waals surface area (Å²) in [5.74, 6) is -0.309. The highest BCUT2D eigenvalue weighted by Gasteiger charge is 2.29. The van der Waals surface area contributed by atoms with Gasteiger partial charge in [-0.05, 0) is 37.1 Å². The van der Waals surface area contributed by atoms with Crippen LogP contribution in [0.4, 0.5) is 5.69 Å². The number of nitrogens with one attached hydrogen (secondary N) is 2. The summed E-state index contributed by atoms with van der Waals surface area (Å²) >= 11 is 0. The van der Waals surface area contributed by atoms with Crippen molar-refractivity contribution >= 4 is 17.5 Å². The van der Waals surface area contributed by atoms with Gasteiger partial charge < -0.3 is 16.0 Å². The van der Waals surface area contributed by atoms with Crippen molar-refractivity contribution in [3.05, 3.63) is 65.2 Å². The van der Waals surface area contributed by atoms with Gasteiger partial charge in [-0.1, -0.05) is 36.4 Å². The first-order valence-electron chi connectivity index (χ1n) is 8.61. The molecule has 5 nitrogen and oxygen atoms in total. The fraction of sp³-hybridized carbons (Fsp3) is 0.300. The van der Waals surface area contributed by atoms with E-state index in [1.54, 1.807) is 6.92 Å². The molecule has 5 heteroatoms. The molecular formula is C20H24N3O2+. The van der Waals surface area contributed by atoms with Gasteiger partial charge in [0.1, 0.15) is 12.6 Å². The Morgan fingerprint density at radius 3 is 2.64 bits per heavy atom. The van der Waals surface area contributed by atoms with E-state index < -0.39 is 6.04 Å². The van der Waals surface area contributed by atoms with E-state index in [9.17, 15) is 9.59 Å². The maximum atomic E-state index is 12.5. The summed E-state index contributed by atoms with van der Waals surface area (Å²) in [5, 5.41) is 7.71. The second-order valence-corrected chi connectivity index (χ2v) is 6.61. The second-order valence-electron chi connectivity index (χ2n) is 6.61. The Kier molecular flexibility index (Phi) is 5.14. The maximum absolute atomic E-state index is 12.5. The molecule has 0 spiro atoms. The summed E-state index contributed by atoms with van der Waals surface area (Å²) in [6, 6.07) is 15.0. The van der Waals surface area contributed by atoms with E-state index in [2.05, 4.69) is 22.8 Å². The van der Waals surface area contributed by atoms with Crippen LogP contribution in [-0.4, -0.2) is 23.9 Å². The molecule has 0 saturated heterocycles. The van der Waals surface area contributed by atoms with Crippen LogP contribution in [0, 0.1) is 6.92 Å². The zero-order valence-electron chi connectivity index (χ0n) is 14.6. The maximum Gasteiger partial charge on any atom is 0.279 e. The molecule has 1 heterocycles. The van der Waals surface area contributed by atoms with Crippen molar-refractivity contribution < 1.29 is 14.9 Å². The van der Waals surface area contributed by atoms with Crippen molar-refractivity contribution in [1.29, 1.82) is 0 Å². The molecule has 2 amide bonds. The van der Waals surface area contributed by atoms with Crippen molar-refractivity contribution in [2.75, 3.05) is 5.32 Å². The van der Waals surface area contributed by atoms with Gasteiger partial charge in [0.15, 0.2) is 6.04 Å². The predicted octanol–water partition coefficient (Wildman–Crippen LogP) is 1.13. The molecule has 0 bridgehead atoms. The van der Waals surface area contributed by atoms with Crippen LogP contribution in [0.25, 0.3) is 0 Å². The van der Waals surface area contributed by atoms with Crippen LogP contribution in [0.2, 0.25) is 0 Å². The summed E-state index contributed by atoms with van der Waals surface area (Å²) in [7, 11) is 0. The van der Waals surface area contributed by atoms with Gasteiger partial charge in [0, 0.05) is 17.7 Å². The minimum atomic E-state index is -0.585. The molecule has 0 saturated carbocycles. The smallest absolute Gasteiger partial charge is 0.279 e. The fourth-order valence-corrected chi connectivity index (χ4v) is 3.10. The summed E-state index contributed by atoms with van der Waals surface area (Å²) in [6.07, 6.45) is 0.689. The first-order chi connectivity index (χ1) is 12.0. The number of benzene rings is 2. The van der Waals surface area contributed by atoms with Gasteiger partial charge in [0.05, 0.1) is 0 Å².